The number of rotatable bonds is 1. The molecule has 0 aliphatic rings. The van der Waals surface area contributed by atoms with Gasteiger partial charge >= 0.3 is 5.97 Å². The van der Waals surface area contributed by atoms with E-state index in [2.05, 4.69) is 32.5 Å². The summed E-state index contributed by atoms with van der Waals surface area (Å²) in [6.07, 6.45) is -0.203. The van der Waals surface area contributed by atoms with Crippen molar-refractivity contribution < 1.29 is 18.3 Å². The maximum absolute atomic E-state index is 13.2. The lowest BCUT2D eigenvalue weighted by molar-refractivity contribution is -0.139. The number of halogens is 3. The molecule has 0 N–H and O–H groups in total. The van der Waals surface area contributed by atoms with Gasteiger partial charge in [0, 0.05) is 4.47 Å². The van der Waals surface area contributed by atoms with Crippen molar-refractivity contribution in [1.82, 2.24) is 0 Å². The summed E-state index contributed by atoms with van der Waals surface area (Å²) in [5, 5.41) is 0. The van der Waals surface area contributed by atoms with Crippen LogP contribution in [-0.4, -0.2) is 13.1 Å². The van der Waals surface area contributed by atoms with Gasteiger partial charge in [-0.3, -0.25) is 4.79 Å². The molecule has 16 heavy (non-hydrogen) atoms. The highest BCUT2D eigenvalue weighted by Gasteiger charge is 2.07. The number of benzene rings is 1. The SMILES string of the molecule is COC(=O)CC#Cc1c(F)cc(Br)cc1F. The first kappa shape index (κ1) is 12.7. The summed E-state index contributed by atoms with van der Waals surface area (Å²) in [7, 11) is 1.21. The largest absolute Gasteiger partial charge is 0.468 e. The molecule has 0 radical (unpaired) electrons. The molecule has 0 saturated heterocycles. The number of methoxy groups -OCH3 is 1. The predicted octanol–water partition coefficient (Wildman–Crippen LogP) is 2.64. The van der Waals surface area contributed by atoms with E-state index in [0.29, 0.717) is 4.47 Å². The highest BCUT2D eigenvalue weighted by molar-refractivity contribution is 9.10. The molecule has 0 amide bonds. The van der Waals surface area contributed by atoms with Crippen LogP contribution in [0.4, 0.5) is 8.78 Å². The van der Waals surface area contributed by atoms with Crippen LogP contribution in [0.3, 0.4) is 0 Å². The van der Waals surface area contributed by atoms with E-state index < -0.39 is 17.6 Å². The van der Waals surface area contributed by atoms with Gasteiger partial charge in [0.2, 0.25) is 0 Å². The van der Waals surface area contributed by atoms with Gasteiger partial charge in [-0.15, -0.1) is 0 Å². The molecule has 0 saturated carbocycles. The standard InChI is InChI=1S/C11H7BrF2O2/c1-16-11(15)4-2-3-8-9(13)5-7(12)6-10(8)14/h5-6H,4H2,1H3. The van der Waals surface area contributed by atoms with Crippen LogP contribution in [-0.2, 0) is 9.53 Å². The first-order valence-corrected chi connectivity index (χ1v) is 5.04. The molecule has 2 nitrogen and oxygen atoms in total. The number of hydrogen-bond acceptors (Lipinski definition) is 2. The summed E-state index contributed by atoms with van der Waals surface area (Å²) in [5.74, 6) is 2.49. The molecule has 0 bridgehead atoms. The van der Waals surface area contributed by atoms with E-state index in [1.807, 2.05) is 0 Å². The summed E-state index contributed by atoms with van der Waals surface area (Å²) >= 11 is 2.95. The maximum atomic E-state index is 13.2. The first-order valence-electron chi connectivity index (χ1n) is 4.25. The number of esters is 1. The molecule has 0 aliphatic heterocycles. The average Bonchev–Trinajstić information content (AvgIpc) is 2.21. The van der Waals surface area contributed by atoms with Crippen LogP contribution in [0.25, 0.3) is 0 Å². The molecule has 84 valence electrons. The van der Waals surface area contributed by atoms with Crippen molar-refractivity contribution in [3.63, 3.8) is 0 Å². The van der Waals surface area contributed by atoms with Crippen molar-refractivity contribution in [2.45, 2.75) is 6.42 Å². The van der Waals surface area contributed by atoms with E-state index >= 15 is 0 Å². The molecular weight excluding hydrogens is 282 g/mol. The highest BCUT2D eigenvalue weighted by Crippen LogP contribution is 2.18. The minimum atomic E-state index is -0.774. The molecule has 1 aromatic rings. The molecule has 0 unspecified atom stereocenters. The van der Waals surface area contributed by atoms with Gasteiger partial charge < -0.3 is 4.74 Å². The Labute approximate surface area is 99.7 Å². The van der Waals surface area contributed by atoms with E-state index in [9.17, 15) is 13.6 Å². The number of carbonyl (C=O) groups excluding carboxylic acids is 1. The summed E-state index contributed by atoms with van der Waals surface area (Å²) in [4.78, 5) is 10.7. The lowest BCUT2D eigenvalue weighted by Gasteiger charge is -1.97. The summed E-state index contributed by atoms with van der Waals surface area (Å²) in [6, 6.07) is 2.20. The van der Waals surface area contributed by atoms with Crippen molar-refractivity contribution in [3.8, 4) is 11.8 Å². The monoisotopic (exact) mass is 288 g/mol. The Bertz CT molecular complexity index is 452. The molecule has 1 rings (SSSR count). The van der Waals surface area contributed by atoms with Crippen LogP contribution in [0, 0.1) is 23.5 Å². The third-order valence-corrected chi connectivity index (χ3v) is 2.14. The minimum Gasteiger partial charge on any atom is -0.468 e. The Balaban J connectivity index is 2.93. The number of ether oxygens (including phenoxy) is 1. The molecule has 0 aliphatic carbocycles. The Morgan fingerprint density at radius 3 is 2.50 bits per heavy atom. The first-order chi connectivity index (χ1) is 7.54. The summed E-state index contributed by atoms with van der Waals surface area (Å²) in [5.41, 5.74) is -0.355. The normalized spacial score (nSPS) is 9.25. The summed E-state index contributed by atoms with van der Waals surface area (Å²) in [6.45, 7) is 0. The smallest absolute Gasteiger partial charge is 0.317 e. The molecule has 0 fully saturated rings. The van der Waals surface area contributed by atoms with Crippen molar-refractivity contribution in [3.05, 3.63) is 33.8 Å². The topological polar surface area (TPSA) is 26.3 Å². The van der Waals surface area contributed by atoms with E-state index in [4.69, 9.17) is 0 Å². The van der Waals surface area contributed by atoms with Crippen LogP contribution >= 0.6 is 15.9 Å². The van der Waals surface area contributed by atoms with Gasteiger partial charge in [-0.2, -0.15) is 0 Å². The lowest BCUT2D eigenvalue weighted by atomic mass is 10.2. The molecule has 0 heterocycles. The van der Waals surface area contributed by atoms with Gasteiger partial charge in [-0.25, -0.2) is 8.78 Å². The Kier molecular flexibility index (Phi) is 4.44. The zero-order valence-corrected chi connectivity index (χ0v) is 9.90. The van der Waals surface area contributed by atoms with E-state index in [1.165, 1.54) is 7.11 Å². The molecule has 0 spiro atoms. The van der Waals surface area contributed by atoms with Crippen LogP contribution in [0.5, 0.6) is 0 Å². The second-order valence-electron chi connectivity index (χ2n) is 2.80. The van der Waals surface area contributed by atoms with Crippen molar-refractivity contribution in [1.29, 1.82) is 0 Å². The van der Waals surface area contributed by atoms with Gasteiger partial charge in [0.25, 0.3) is 0 Å². The van der Waals surface area contributed by atoms with E-state index in [-0.39, 0.29) is 12.0 Å². The highest BCUT2D eigenvalue weighted by atomic mass is 79.9. The van der Waals surface area contributed by atoms with Crippen LogP contribution < -0.4 is 0 Å². The lowest BCUT2D eigenvalue weighted by Crippen LogP contribution is -1.97. The third kappa shape index (κ3) is 3.31. The van der Waals surface area contributed by atoms with Crippen molar-refractivity contribution >= 4 is 21.9 Å². The average molecular weight is 289 g/mol. The van der Waals surface area contributed by atoms with E-state index in [1.54, 1.807) is 0 Å². The fraction of sp³-hybridized carbons (Fsp3) is 0.182. The van der Waals surface area contributed by atoms with Gasteiger partial charge in [0.05, 0.1) is 12.7 Å². The molecule has 0 aromatic heterocycles. The fourth-order valence-electron chi connectivity index (χ4n) is 0.939. The zero-order valence-electron chi connectivity index (χ0n) is 8.31. The maximum Gasteiger partial charge on any atom is 0.317 e. The van der Waals surface area contributed by atoms with Gasteiger partial charge in [-0.1, -0.05) is 27.8 Å². The zero-order chi connectivity index (χ0) is 12.1. The number of carbonyl (C=O) groups is 1. The van der Waals surface area contributed by atoms with E-state index in [0.717, 1.165) is 12.1 Å². The summed E-state index contributed by atoms with van der Waals surface area (Å²) < 4.78 is 31.1. The van der Waals surface area contributed by atoms with Crippen molar-refractivity contribution in [2.75, 3.05) is 7.11 Å². The van der Waals surface area contributed by atoms with Crippen LogP contribution in [0.2, 0.25) is 0 Å². The minimum absolute atomic E-state index is 0.203. The fourth-order valence-corrected chi connectivity index (χ4v) is 1.34. The predicted molar refractivity (Wildman–Crippen MR) is 57.6 cm³/mol. The molecular formula is C11H7BrF2O2. The third-order valence-electron chi connectivity index (χ3n) is 1.68. The number of hydrogen-bond donors (Lipinski definition) is 0. The van der Waals surface area contributed by atoms with Gasteiger partial charge in [0.15, 0.2) is 0 Å². The Morgan fingerprint density at radius 2 is 2.00 bits per heavy atom. The van der Waals surface area contributed by atoms with Crippen LogP contribution in [0.1, 0.15) is 12.0 Å². The Hall–Kier alpha value is -1.41. The van der Waals surface area contributed by atoms with Gasteiger partial charge in [0.1, 0.15) is 18.1 Å². The van der Waals surface area contributed by atoms with Crippen LogP contribution in [0.15, 0.2) is 16.6 Å². The second kappa shape index (κ2) is 5.61. The molecule has 0 atom stereocenters. The van der Waals surface area contributed by atoms with Gasteiger partial charge in [-0.05, 0) is 12.1 Å². The van der Waals surface area contributed by atoms with Crippen molar-refractivity contribution in [2.24, 2.45) is 0 Å². The molecule has 5 heteroatoms. The second-order valence-corrected chi connectivity index (χ2v) is 3.71. The Morgan fingerprint density at radius 1 is 1.44 bits per heavy atom. The quantitative estimate of drug-likeness (QED) is 0.587. The molecule has 1 aromatic carbocycles.